The molecule has 6 heteroatoms. The van der Waals surface area contributed by atoms with Crippen LogP contribution in [0.2, 0.25) is 0 Å². The molecule has 0 fully saturated rings. The van der Waals surface area contributed by atoms with Gasteiger partial charge in [0.05, 0.1) is 25.5 Å². The number of nitrogens with one attached hydrogen (secondary N) is 1. The quantitative estimate of drug-likeness (QED) is 0.768. The van der Waals surface area contributed by atoms with Gasteiger partial charge in [0.15, 0.2) is 11.5 Å². The number of carbonyl (C=O) groups excluding carboxylic acids is 1. The highest BCUT2D eigenvalue weighted by atomic mass is 16.5. The number of carboxylic acids is 1. The van der Waals surface area contributed by atoms with Crippen molar-refractivity contribution in [2.24, 2.45) is 0 Å². The maximum atomic E-state index is 12.2. The van der Waals surface area contributed by atoms with Gasteiger partial charge in [-0.1, -0.05) is 30.3 Å². The van der Waals surface area contributed by atoms with E-state index in [0.29, 0.717) is 18.6 Å². The van der Waals surface area contributed by atoms with Crippen molar-refractivity contribution in [1.82, 2.24) is 0 Å². The van der Waals surface area contributed by atoms with Gasteiger partial charge in [-0.15, -0.1) is 0 Å². The van der Waals surface area contributed by atoms with Gasteiger partial charge in [0.1, 0.15) is 0 Å². The van der Waals surface area contributed by atoms with Crippen LogP contribution in [-0.4, -0.2) is 31.2 Å². The van der Waals surface area contributed by atoms with E-state index in [4.69, 9.17) is 9.47 Å². The van der Waals surface area contributed by atoms with Gasteiger partial charge >= 0.3 is 5.97 Å². The summed E-state index contributed by atoms with van der Waals surface area (Å²) < 4.78 is 10.4. The second-order valence-corrected chi connectivity index (χ2v) is 5.45. The second kappa shape index (κ2) is 8.73. The fraction of sp³-hybridized carbons (Fsp3) is 0.263. The third-order valence-electron chi connectivity index (χ3n) is 3.71. The summed E-state index contributed by atoms with van der Waals surface area (Å²) in [6.07, 6.45) is 1.80. The summed E-state index contributed by atoms with van der Waals surface area (Å²) in [5.74, 6) is -0.773. The molecule has 2 aromatic carbocycles. The molecule has 1 amide bonds. The molecule has 0 aliphatic heterocycles. The molecule has 0 aliphatic rings. The van der Waals surface area contributed by atoms with Crippen molar-refractivity contribution < 1.29 is 24.2 Å². The molecule has 0 saturated carbocycles. The van der Waals surface area contributed by atoms with E-state index in [9.17, 15) is 14.7 Å². The molecule has 25 heavy (non-hydrogen) atoms. The van der Waals surface area contributed by atoms with E-state index in [1.165, 1.54) is 31.9 Å². The third-order valence-corrected chi connectivity index (χ3v) is 3.71. The van der Waals surface area contributed by atoms with Gasteiger partial charge in [0, 0.05) is 6.42 Å². The number of amides is 1. The van der Waals surface area contributed by atoms with E-state index in [1.807, 2.05) is 30.3 Å². The molecule has 0 atom stereocenters. The number of methoxy groups -OCH3 is 2. The van der Waals surface area contributed by atoms with Gasteiger partial charge < -0.3 is 19.9 Å². The number of carboxylic acid groups (broad SMARTS) is 1. The molecule has 0 aromatic heterocycles. The minimum Gasteiger partial charge on any atom is -0.493 e. The molecule has 0 unspecified atom stereocenters. The van der Waals surface area contributed by atoms with E-state index >= 15 is 0 Å². The first kappa shape index (κ1) is 18.3. The number of aromatic carboxylic acids is 1. The topological polar surface area (TPSA) is 84.9 Å². The van der Waals surface area contributed by atoms with Gasteiger partial charge in [0.2, 0.25) is 5.91 Å². The van der Waals surface area contributed by atoms with Crippen molar-refractivity contribution >= 4 is 17.6 Å². The van der Waals surface area contributed by atoms with E-state index in [2.05, 4.69) is 5.32 Å². The SMILES string of the molecule is COc1cc(C(=O)O)cc(NC(=O)CCCc2ccccc2)c1OC. The molecule has 0 aliphatic carbocycles. The first-order chi connectivity index (χ1) is 12.0. The predicted octanol–water partition coefficient (Wildman–Crippen LogP) is 3.36. The Morgan fingerprint density at radius 3 is 2.40 bits per heavy atom. The van der Waals surface area contributed by atoms with Crippen LogP contribution in [0.1, 0.15) is 28.8 Å². The average Bonchev–Trinajstić information content (AvgIpc) is 2.61. The zero-order valence-corrected chi connectivity index (χ0v) is 14.2. The van der Waals surface area contributed by atoms with Crippen molar-refractivity contribution in [3.63, 3.8) is 0 Å². The lowest BCUT2D eigenvalue weighted by Crippen LogP contribution is -2.13. The Bertz CT molecular complexity index is 743. The summed E-state index contributed by atoms with van der Waals surface area (Å²) in [7, 11) is 2.85. The van der Waals surface area contributed by atoms with Crippen LogP contribution in [0.5, 0.6) is 11.5 Å². The van der Waals surface area contributed by atoms with Crippen LogP contribution < -0.4 is 14.8 Å². The number of benzene rings is 2. The molecule has 0 radical (unpaired) electrons. The highest BCUT2D eigenvalue weighted by Crippen LogP contribution is 2.36. The highest BCUT2D eigenvalue weighted by molar-refractivity contribution is 5.96. The molecule has 2 N–H and O–H groups in total. The Hall–Kier alpha value is -3.02. The van der Waals surface area contributed by atoms with E-state index in [0.717, 1.165) is 6.42 Å². The van der Waals surface area contributed by atoms with Gasteiger partial charge in [-0.05, 0) is 30.5 Å². The van der Waals surface area contributed by atoms with Gasteiger partial charge in [-0.3, -0.25) is 4.79 Å². The van der Waals surface area contributed by atoms with Crippen LogP contribution >= 0.6 is 0 Å². The van der Waals surface area contributed by atoms with E-state index in [1.54, 1.807) is 0 Å². The molecule has 2 aromatic rings. The molecule has 0 heterocycles. The molecule has 0 bridgehead atoms. The Labute approximate surface area is 146 Å². The second-order valence-electron chi connectivity index (χ2n) is 5.45. The number of rotatable bonds is 8. The molecule has 0 saturated heterocycles. The number of hydrogen-bond acceptors (Lipinski definition) is 4. The van der Waals surface area contributed by atoms with Crippen LogP contribution in [-0.2, 0) is 11.2 Å². The number of aryl methyl sites for hydroxylation is 1. The summed E-state index contributed by atoms with van der Waals surface area (Å²) in [4.78, 5) is 23.4. The first-order valence-electron chi connectivity index (χ1n) is 7.88. The number of hydrogen-bond donors (Lipinski definition) is 2. The molecular formula is C19H21NO5. The summed E-state index contributed by atoms with van der Waals surface area (Å²) in [6.45, 7) is 0. The summed E-state index contributed by atoms with van der Waals surface area (Å²) in [5, 5.41) is 11.9. The molecule has 0 spiro atoms. The monoisotopic (exact) mass is 343 g/mol. The van der Waals surface area contributed by atoms with Crippen molar-refractivity contribution in [3.8, 4) is 11.5 Å². The molecular weight excluding hydrogens is 322 g/mol. The average molecular weight is 343 g/mol. The van der Waals surface area contributed by atoms with Crippen molar-refractivity contribution in [2.45, 2.75) is 19.3 Å². The van der Waals surface area contributed by atoms with Crippen LogP contribution in [0, 0.1) is 0 Å². The van der Waals surface area contributed by atoms with E-state index < -0.39 is 5.97 Å². The Kier molecular flexibility index (Phi) is 6.39. The summed E-state index contributed by atoms with van der Waals surface area (Å²) in [6, 6.07) is 12.6. The van der Waals surface area contributed by atoms with Crippen LogP contribution in [0.4, 0.5) is 5.69 Å². The Balaban J connectivity index is 2.06. The summed E-state index contributed by atoms with van der Waals surface area (Å²) in [5.41, 5.74) is 1.46. The number of carbonyl (C=O) groups is 2. The lowest BCUT2D eigenvalue weighted by atomic mass is 10.1. The fourth-order valence-corrected chi connectivity index (χ4v) is 2.49. The normalized spacial score (nSPS) is 10.2. The lowest BCUT2D eigenvalue weighted by Gasteiger charge is -2.14. The zero-order valence-electron chi connectivity index (χ0n) is 14.2. The lowest BCUT2D eigenvalue weighted by molar-refractivity contribution is -0.116. The maximum Gasteiger partial charge on any atom is 0.335 e. The smallest absolute Gasteiger partial charge is 0.335 e. The van der Waals surface area contributed by atoms with Gasteiger partial charge in [-0.25, -0.2) is 4.79 Å². The minimum atomic E-state index is -1.11. The summed E-state index contributed by atoms with van der Waals surface area (Å²) >= 11 is 0. The van der Waals surface area contributed by atoms with Crippen LogP contribution in [0.15, 0.2) is 42.5 Å². The van der Waals surface area contributed by atoms with Gasteiger partial charge in [0.25, 0.3) is 0 Å². The highest BCUT2D eigenvalue weighted by Gasteiger charge is 2.17. The number of ether oxygens (including phenoxy) is 2. The first-order valence-corrected chi connectivity index (χ1v) is 7.88. The standard InChI is InChI=1S/C19H21NO5/c1-24-16-12-14(19(22)23)11-15(18(16)25-2)20-17(21)10-6-9-13-7-4-3-5-8-13/h3-5,7-8,11-12H,6,9-10H2,1-2H3,(H,20,21)(H,22,23). The van der Waals surface area contributed by atoms with Crippen molar-refractivity contribution in [2.75, 3.05) is 19.5 Å². The molecule has 6 nitrogen and oxygen atoms in total. The maximum absolute atomic E-state index is 12.2. The Morgan fingerprint density at radius 1 is 1.08 bits per heavy atom. The van der Waals surface area contributed by atoms with Crippen molar-refractivity contribution in [3.05, 3.63) is 53.6 Å². The minimum absolute atomic E-state index is 0.0113. The van der Waals surface area contributed by atoms with E-state index in [-0.39, 0.29) is 22.9 Å². The fourth-order valence-electron chi connectivity index (χ4n) is 2.49. The molecule has 132 valence electrons. The van der Waals surface area contributed by atoms with Gasteiger partial charge in [-0.2, -0.15) is 0 Å². The van der Waals surface area contributed by atoms with Crippen LogP contribution in [0.3, 0.4) is 0 Å². The molecule has 2 rings (SSSR count). The van der Waals surface area contributed by atoms with Crippen LogP contribution in [0.25, 0.3) is 0 Å². The van der Waals surface area contributed by atoms with Crippen molar-refractivity contribution in [1.29, 1.82) is 0 Å². The Morgan fingerprint density at radius 2 is 1.80 bits per heavy atom. The largest absolute Gasteiger partial charge is 0.493 e. The zero-order chi connectivity index (χ0) is 18.2. The number of anilines is 1. The predicted molar refractivity (Wildman–Crippen MR) is 94.5 cm³/mol. The third kappa shape index (κ3) is 4.97.